The molecule has 1 fully saturated rings. The number of hydrogen-bond donors (Lipinski definition) is 1. The van der Waals surface area contributed by atoms with Crippen LogP contribution in [0.3, 0.4) is 0 Å². The Hall–Kier alpha value is -1.39. The van der Waals surface area contributed by atoms with Crippen LogP contribution in [-0.2, 0) is 11.3 Å². The van der Waals surface area contributed by atoms with E-state index < -0.39 is 0 Å². The number of amides is 1. The largest absolute Gasteiger partial charge is 0.341 e. The minimum Gasteiger partial charge on any atom is -0.341 e. The summed E-state index contributed by atoms with van der Waals surface area (Å²) in [7, 11) is 0. The van der Waals surface area contributed by atoms with E-state index in [2.05, 4.69) is 36.1 Å². The van der Waals surface area contributed by atoms with Gasteiger partial charge in [0, 0.05) is 26.2 Å². The van der Waals surface area contributed by atoms with Crippen molar-refractivity contribution in [2.24, 2.45) is 11.7 Å². The van der Waals surface area contributed by atoms with Crippen molar-refractivity contribution in [3.63, 3.8) is 0 Å². The minimum absolute atomic E-state index is 0.0820. The van der Waals surface area contributed by atoms with Gasteiger partial charge in [-0.3, -0.25) is 9.69 Å². The van der Waals surface area contributed by atoms with Crippen molar-refractivity contribution in [2.75, 3.05) is 32.7 Å². The van der Waals surface area contributed by atoms with E-state index >= 15 is 0 Å². The van der Waals surface area contributed by atoms with Gasteiger partial charge in [-0.1, -0.05) is 37.3 Å². The van der Waals surface area contributed by atoms with Gasteiger partial charge in [0.2, 0.25) is 5.91 Å². The van der Waals surface area contributed by atoms with Gasteiger partial charge in [0.05, 0.1) is 6.54 Å². The molecule has 1 aliphatic heterocycles. The normalized spacial score (nSPS) is 18.8. The molecule has 2 N–H and O–H groups in total. The zero-order chi connectivity index (χ0) is 14.4. The molecule has 1 saturated heterocycles. The maximum absolute atomic E-state index is 11.6. The van der Waals surface area contributed by atoms with Gasteiger partial charge in [-0.25, -0.2) is 0 Å². The molecule has 4 nitrogen and oxygen atoms in total. The highest BCUT2D eigenvalue weighted by Gasteiger charge is 2.26. The van der Waals surface area contributed by atoms with Gasteiger partial charge in [0.15, 0.2) is 0 Å². The van der Waals surface area contributed by atoms with Crippen LogP contribution >= 0.6 is 0 Å². The summed E-state index contributed by atoms with van der Waals surface area (Å²) in [5.74, 6) is 0.660. The number of likely N-dealkylation sites (tertiary alicyclic amines) is 1. The van der Waals surface area contributed by atoms with Crippen LogP contribution in [0.15, 0.2) is 30.3 Å². The third-order valence-electron chi connectivity index (χ3n) is 4.03. The van der Waals surface area contributed by atoms with E-state index in [1.807, 2.05) is 11.0 Å². The first-order valence-electron chi connectivity index (χ1n) is 7.47. The van der Waals surface area contributed by atoms with E-state index in [9.17, 15) is 4.79 Å². The van der Waals surface area contributed by atoms with Crippen molar-refractivity contribution in [3.05, 3.63) is 35.9 Å². The zero-order valence-corrected chi connectivity index (χ0v) is 12.3. The fraction of sp³-hybridized carbons (Fsp3) is 0.562. The van der Waals surface area contributed by atoms with E-state index in [1.54, 1.807) is 0 Å². The molecule has 110 valence electrons. The second-order valence-electron chi connectivity index (χ2n) is 5.51. The van der Waals surface area contributed by atoms with Crippen LogP contribution in [0.5, 0.6) is 0 Å². The summed E-state index contributed by atoms with van der Waals surface area (Å²) >= 11 is 0. The number of rotatable bonds is 6. The maximum atomic E-state index is 11.6. The fourth-order valence-electron chi connectivity index (χ4n) is 2.85. The highest BCUT2D eigenvalue weighted by molar-refractivity contribution is 5.78. The highest BCUT2D eigenvalue weighted by Crippen LogP contribution is 2.18. The predicted octanol–water partition coefficient (Wildman–Crippen LogP) is 1.32. The lowest BCUT2D eigenvalue weighted by Gasteiger charge is -2.24. The van der Waals surface area contributed by atoms with Gasteiger partial charge in [0.25, 0.3) is 0 Å². The van der Waals surface area contributed by atoms with Crippen LogP contribution in [0.25, 0.3) is 0 Å². The third-order valence-corrected chi connectivity index (χ3v) is 4.03. The zero-order valence-electron chi connectivity index (χ0n) is 12.3. The Bertz CT molecular complexity index is 421. The second kappa shape index (κ2) is 7.41. The van der Waals surface area contributed by atoms with E-state index in [1.165, 1.54) is 5.56 Å². The molecule has 0 aromatic heterocycles. The highest BCUT2D eigenvalue weighted by atomic mass is 16.2. The van der Waals surface area contributed by atoms with Crippen LogP contribution < -0.4 is 5.73 Å². The first kappa shape index (κ1) is 15.0. The second-order valence-corrected chi connectivity index (χ2v) is 5.51. The molecule has 1 amide bonds. The summed E-state index contributed by atoms with van der Waals surface area (Å²) in [5.41, 5.74) is 6.77. The molecule has 20 heavy (non-hydrogen) atoms. The number of nitrogens with zero attached hydrogens (tertiary/aromatic N) is 2. The van der Waals surface area contributed by atoms with E-state index in [-0.39, 0.29) is 12.5 Å². The number of carbonyl (C=O) groups is 1. The van der Waals surface area contributed by atoms with Crippen molar-refractivity contribution in [1.29, 1.82) is 0 Å². The lowest BCUT2D eigenvalue weighted by molar-refractivity contribution is -0.128. The van der Waals surface area contributed by atoms with Crippen LogP contribution in [0.2, 0.25) is 0 Å². The molecule has 1 aromatic carbocycles. The predicted molar refractivity (Wildman–Crippen MR) is 81.1 cm³/mol. The minimum atomic E-state index is 0.0820. The van der Waals surface area contributed by atoms with Gasteiger partial charge in [-0.05, 0) is 24.4 Å². The summed E-state index contributed by atoms with van der Waals surface area (Å²) < 4.78 is 0. The molecule has 2 rings (SSSR count). The standard InChI is InChI=1S/C16H25N3O/c1-2-18(11-14-6-4-3-5-7-14)12-15-8-9-19(13-15)16(20)10-17/h3-7,15H,2,8-13,17H2,1H3/t15-/m1/s1. The molecule has 4 heteroatoms. The monoisotopic (exact) mass is 275 g/mol. The Kier molecular flexibility index (Phi) is 5.56. The molecule has 0 unspecified atom stereocenters. The number of benzene rings is 1. The Morgan fingerprint density at radius 2 is 2.15 bits per heavy atom. The van der Waals surface area contributed by atoms with Crippen molar-refractivity contribution < 1.29 is 4.79 Å². The van der Waals surface area contributed by atoms with Crippen LogP contribution in [0.1, 0.15) is 18.9 Å². The Balaban J connectivity index is 1.84. The molecule has 0 spiro atoms. The van der Waals surface area contributed by atoms with Crippen molar-refractivity contribution in [3.8, 4) is 0 Å². The van der Waals surface area contributed by atoms with E-state index in [0.29, 0.717) is 5.92 Å². The molecule has 1 heterocycles. The first-order chi connectivity index (χ1) is 9.72. The van der Waals surface area contributed by atoms with Gasteiger partial charge in [0.1, 0.15) is 0 Å². The molecule has 0 saturated carbocycles. The Morgan fingerprint density at radius 1 is 1.40 bits per heavy atom. The molecular formula is C16H25N3O. The lowest BCUT2D eigenvalue weighted by atomic mass is 10.1. The molecule has 1 aliphatic rings. The Morgan fingerprint density at radius 3 is 2.80 bits per heavy atom. The fourth-order valence-corrected chi connectivity index (χ4v) is 2.85. The molecule has 0 bridgehead atoms. The third kappa shape index (κ3) is 4.05. The first-order valence-corrected chi connectivity index (χ1v) is 7.47. The van der Waals surface area contributed by atoms with Gasteiger partial charge in [-0.15, -0.1) is 0 Å². The average molecular weight is 275 g/mol. The van der Waals surface area contributed by atoms with Crippen LogP contribution in [0.4, 0.5) is 0 Å². The summed E-state index contributed by atoms with van der Waals surface area (Å²) in [6.45, 7) is 7.13. The topological polar surface area (TPSA) is 49.6 Å². The summed E-state index contributed by atoms with van der Waals surface area (Å²) in [6.07, 6.45) is 1.09. The molecular weight excluding hydrogens is 250 g/mol. The average Bonchev–Trinajstić information content (AvgIpc) is 2.95. The summed E-state index contributed by atoms with van der Waals surface area (Å²) in [5, 5.41) is 0. The Labute approximate surface area is 121 Å². The molecule has 1 aromatic rings. The van der Waals surface area contributed by atoms with Gasteiger partial charge in [-0.2, -0.15) is 0 Å². The van der Waals surface area contributed by atoms with Gasteiger partial charge < -0.3 is 10.6 Å². The number of nitrogens with two attached hydrogens (primary N) is 1. The van der Waals surface area contributed by atoms with Crippen molar-refractivity contribution in [2.45, 2.75) is 19.9 Å². The molecule has 1 atom stereocenters. The lowest BCUT2D eigenvalue weighted by Crippen LogP contribution is -2.36. The maximum Gasteiger partial charge on any atom is 0.236 e. The quantitative estimate of drug-likeness (QED) is 0.852. The smallest absolute Gasteiger partial charge is 0.236 e. The number of carbonyl (C=O) groups excluding carboxylic acids is 1. The van der Waals surface area contributed by atoms with E-state index in [0.717, 1.165) is 39.1 Å². The van der Waals surface area contributed by atoms with Crippen molar-refractivity contribution in [1.82, 2.24) is 9.80 Å². The number of hydrogen-bond acceptors (Lipinski definition) is 3. The van der Waals surface area contributed by atoms with Gasteiger partial charge >= 0.3 is 0 Å². The van der Waals surface area contributed by atoms with E-state index in [4.69, 9.17) is 5.73 Å². The van der Waals surface area contributed by atoms with Crippen LogP contribution in [0, 0.1) is 5.92 Å². The molecule has 0 radical (unpaired) electrons. The summed E-state index contributed by atoms with van der Waals surface area (Å²) in [6, 6.07) is 10.6. The molecule has 0 aliphatic carbocycles. The SMILES string of the molecule is CCN(Cc1ccccc1)C[C@H]1CCN(C(=O)CN)C1. The summed E-state index contributed by atoms with van der Waals surface area (Å²) in [4.78, 5) is 16.0. The van der Waals surface area contributed by atoms with Crippen LogP contribution in [-0.4, -0.2) is 48.4 Å². The van der Waals surface area contributed by atoms with Crippen molar-refractivity contribution >= 4 is 5.91 Å².